The highest BCUT2D eigenvalue weighted by Crippen LogP contribution is 2.20. The zero-order valence-electron chi connectivity index (χ0n) is 25.6. The third kappa shape index (κ3) is 9.65. The van der Waals surface area contributed by atoms with Crippen LogP contribution in [0.4, 0.5) is 23.3 Å². The Morgan fingerprint density at radius 1 is 0.596 bits per heavy atom. The maximum absolute atomic E-state index is 12.2. The van der Waals surface area contributed by atoms with Crippen LogP contribution in [0.2, 0.25) is 0 Å². The molecule has 0 aliphatic heterocycles. The number of aromatic nitrogens is 2. The quantitative estimate of drug-likeness (QED) is 0.108. The summed E-state index contributed by atoms with van der Waals surface area (Å²) in [5.74, 6) is -0.563. The number of nitrogens with one attached hydrogen (secondary N) is 5. The molecule has 5 N–H and O–H groups in total. The van der Waals surface area contributed by atoms with Gasteiger partial charge < -0.3 is 5.32 Å². The summed E-state index contributed by atoms with van der Waals surface area (Å²) in [6, 6.07) is 22.5. The highest BCUT2D eigenvalue weighted by molar-refractivity contribution is 7.90. The molecule has 1 aromatic heterocycles. The molecule has 0 unspecified atom stereocenters. The Bertz CT molecular complexity index is 1930. The molecule has 0 saturated carbocycles. The van der Waals surface area contributed by atoms with Crippen LogP contribution in [0.25, 0.3) is 0 Å². The molecule has 15 nitrogen and oxygen atoms in total. The van der Waals surface area contributed by atoms with E-state index in [1.807, 2.05) is 39.8 Å². The Morgan fingerprint density at radius 2 is 1.00 bits per heavy atom. The minimum Gasteiger partial charge on any atom is -0.324 e. The van der Waals surface area contributed by atoms with Crippen molar-refractivity contribution >= 4 is 66.6 Å². The van der Waals surface area contributed by atoms with Crippen LogP contribution in [-0.2, 0) is 29.6 Å². The molecule has 3 aromatic carbocycles. The lowest BCUT2D eigenvalue weighted by Gasteiger charge is -2.11. The Kier molecular flexibility index (Phi) is 10.6. The van der Waals surface area contributed by atoms with E-state index in [0.717, 1.165) is 19.5 Å². The van der Waals surface area contributed by atoms with Crippen molar-refractivity contribution in [2.75, 3.05) is 16.2 Å². The second-order valence-electron chi connectivity index (χ2n) is 9.94. The van der Waals surface area contributed by atoms with Crippen LogP contribution in [0, 0.1) is 0 Å². The van der Waals surface area contributed by atoms with Gasteiger partial charge in [-0.3, -0.25) is 20.4 Å². The molecule has 0 aliphatic rings. The summed E-state index contributed by atoms with van der Waals surface area (Å²) in [4.78, 5) is 31.2. The maximum Gasteiger partial charge on any atom is 0.264 e. The number of hydrazone groups is 2. The van der Waals surface area contributed by atoms with Gasteiger partial charge in [-0.2, -0.15) is 20.2 Å². The van der Waals surface area contributed by atoms with Crippen LogP contribution in [0.3, 0.4) is 0 Å². The minimum atomic E-state index is -3.97. The van der Waals surface area contributed by atoms with E-state index < -0.39 is 31.9 Å². The van der Waals surface area contributed by atoms with E-state index in [9.17, 15) is 26.4 Å². The largest absolute Gasteiger partial charge is 0.324 e. The van der Waals surface area contributed by atoms with Crippen LogP contribution in [0.15, 0.2) is 105 Å². The molecular weight excluding hydrogens is 647 g/mol. The van der Waals surface area contributed by atoms with Gasteiger partial charge in [-0.1, -0.05) is 42.5 Å². The molecule has 0 bridgehead atoms. The number of hydrogen-bond donors (Lipinski definition) is 5. The highest BCUT2D eigenvalue weighted by Gasteiger charge is 2.16. The Labute approximate surface area is 271 Å². The van der Waals surface area contributed by atoms with Gasteiger partial charge in [0.05, 0.1) is 21.2 Å². The van der Waals surface area contributed by atoms with E-state index >= 15 is 0 Å². The Balaban J connectivity index is 1.55. The molecule has 17 heteroatoms. The first-order valence-corrected chi connectivity index (χ1v) is 16.8. The monoisotopic (exact) mass is 677 g/mol. The van der Waals surface area contributed by atoms with Crippen molar-refractivity contribution in [3.63, 3.8) is 0 Å². The molecule has 0 radical (unpaired) electrons. The second-order valence-corrected chi connectivity index (χ2v) is 13.3. The Hall–Kier alpha value is -5.68. The van der Waals surface area contributed by atoms with E-state index in [1.54, 1.807) is 44.2 Å². The third-order valence-electron chi connectivity index (χ3n) is 6.15. The van der Waals surface area contributed by atoms with E-state index in [4.69, 9.17) is 0 Å². The zero-order chi connectivity index (χ0) is 34.2. The minimum absolute atomic E-state index is 0.0674. The molecule has 2 amide bonds. The fourth-order valence-corrected chi connectivity index (χ4v) is 5.91. The van der Waals surface area contributed by atoms with E-state index in [0.29, 0.717) is 34.2 Å². The summed E-state index contributed by atoms with van der Waals surface area (Å²) < 4.78 is 52.8. The van der Waals surface area contributed by atoms with Crippen LogP contribution in [0.1, 0.15) is 38.8 Å². The molecule has 1 heterocycles. The van der Waals surface area contributed by atoms with Gasteiger partial charge >= 0.3 is 0 Å². The number of nitrogens with zero attached hydrogens (tertiary/aromatic N) is 4. The van der Waals surface area contributed by atoms with Gasteiger partial charge in [-0.05, 0) is 61.4 Å². The predicted molar refractivity (Wildman–Crippen MR) is 178 cm³/mol. The number of carbonyl (C=O) groups is 2. The van der Waals surface area contributed by atoms with Gasteiger partial charge in [0, 0.05) is 25.6 Å². The first-order valence-electron chi connectivity index (χ1n) is 13.8. The molecule has 0 fully saturated rings. The average Bonchev–Trinajstić information content (AvgIpc) is 3.02. The van der Waals surface area contributed by atoms with Crippen molar-refractivity contribution in [1.82, 2.24) is 19.4 Å². The van der Waals surface area contributed by atoms with Gasteiger partial charge in [-0.25, -0.2) is 26.3 Å². The van der Waals surface area contributed by atoms with Crippen molar-refractivity contribution in [3.05, 3.63) is 96.1 Å². The number of rotatable bonds is 12. The molecule has 47 heavy (non-hydrogen) atoms. The van der Waals surface area contributed by atoms with Crippen molar-refractivity contribution in [1.29, 1.82) is 0 Å². The number of carbonyl (C=O) groups excluding carboxylic acids is 2. The molecule has 0 saturated heterocycles. The summed E-state index contributed by atoms with van der Waals surface area (Å²) in [6.45, 7) is 5.66. The van der Waals surface area contributed by atoms with Gasteiger partial charge in [0.25, 0.3) is 20.0 Å². The number of hydrogen-bond acceptors (Lipinski definition) is 13. The fraction of sp³-hybridized carbons (Fsp3) is 0.133. The van der Waals surface area contributed by atoms with Crippen molar-refractivity contribution in [2.45, 2.75) is 37.5 Å². The lowest BCUT2D eigenvalue weighted by atomic mass is 10.1. The first kappa shape index (κ1) is 34.2. The molecule has 4 aromatic rings. The Morgan fingerprint density at radius 3 is 1.38 bits per heavy atom. The molecule has 0 aliphatic carbocycles. The maximum atomic E-state index is 12.2. The van der Waals surface area contributed by atoms with Crippen molar-refractivity contribution in [2.24, 2.45) is 10.2 Å². The number of sulfonamides is 2. The lowest BCUT2D eigenvalue weighted by molar-refractivity contribution is -0.118. The topological polar surface area (TPSA) is 213 Å². The molecule has 4 rings (SSSR count). The number of amides is 2. The summed E-state index contributed by atoms with van der Waals surface area (Å²) in [7, 11) is -7.94. The van der Waals surface area contributed by atoms with E-state index in [-0.39, 0.29) is 15.7 Å². The van der Waals surface area contributed by atoms with Crippen LogP contribution in [0.5, 0.6) is 0 Å². The molecule has 244 valence electrons. The standard InChI is InChI=1S/C30H31N9O6S2/c1-19(23-10-14-26(15-11-23)46(42,43)38-21(3)40)34-36-28-18-29(33-30(32-28)31-25-8-6-5-7-9-25)37-35-20(2)24-12-16-27(17-13-24)47(44,45)39-22(4)41/h5-18H,1-4H3,(H,38,40)(H,39,41)(H3,31,32,33,36,37). The van der Waals surface area contributed by atoms with Gasteiger partial charge in [0.1, 0.15) is 0 Å². The fourth-order valence-electron chi connectivity index (χ4n) is 3.93. The second kappa shape index (κ2) is 14.6. The predicted octanol–water partition coefficient (Wildman–Crippen LogP) is 3.54. The first-order chi connectivity index (χ1) is 22.2. The number of anilines is 4. The SMILES string of the molecule is CC(=O)NS(=O)(=O)c1ccc(C(C)=NNc2cc(NN=C(C)c3ccc(S(=O)(=O)NC(C)=O)cc3)nc(Nc3ccccc3)n2)cc1. The summed E-state index contributed by atoms with van der Waals surface area (Å²) in [5, 5.41) is 11.9. The number of para-hydroxylation sites is 1. The molecular formula is C30H31N9O6S2. The molecule has 0 atom stereocenters. The van der Waals surface area contributed by atoms with E-state index in [1.165, 1.54) is 24.3 Å². The van der Waals surface area contributed by atoms with Crippen LogP contribution in [-0.4, -0.2) is 50.0 Å². The summed E-state index contributed by atoms with van der Waals surface area (Å²) in [5.41, 5.74) is 8.75. The van der Waals surface area contributed by atoms with Crippen molar-refractivity contribution < 1.29 is 26.4 Å². The normalized spacial score (nSPS) is 12.2. The van der Waals surface area contributed by atoms with E-state index in [2.05, 4.69) is 36.3 Å². The highest BCUT2D eigenvalue weighted by atomic mass is 32.2. The zero-order valence-corrected chi connectivity index (χ0v) is 27.3. The lowest BCUT2D eigenvalue weighted by Crippen LogP contribution is -2.28. The van der Waals surface area contributed by atoms with Crippen LogP contribution >= 0.6 is 0 Å². The third-order valence-corrected chi connectivity index (χ3v) is 9.05. The van der Waals surface area contributed by atoms with Gasteiger partial charge in [0.2, 0.25) is 17.8 Å². The smallest absolute Gasteiger partial charge is 0.264 e. The van der Waals surface area contributed by atoms with Gasteiger partial charge in [-0.15, -0.1) is 0 Å². The van der Waals surface area contributed by atoms with Crippen molar-refractivity contribution in [3.8, 4) is 0 Å². The van der Waals surface area contributed by atoms with Gasteiger partial charge in [0.15, 0.2) is 11.6 Å². The van der Waals surface area contributed by atoms with Crippen LogP contribution < -0.4 is 25.6 Å². The summed E-state index contributed by atoms with van der Waals surface area (Å²) >= 11 is 0. The number of benzene rings is 3. The average molecular weight is 678 g/mol. The summed E-state index contributed by atoms with van der Waals surface area (Å²) in [6.07, 6.45) is 0. The molecule has 0 spiro atoms.